The van der Waals surface area contributed by atoms with Gasteiger partial charge in [-0.3, -0.25) is 24.0 Å². The predicted molar refractivity (Wildman–Crippen MR) is 109 cm³/mol. The lowest BCUT2D eigenvalue weighted by Gasteiger charge is -2.25. The van der Waals surface area contributed by atoms with Crippen LogP contribution in [0.1, 0.15) is 40.0 Å². The van der Waals surface area contributed by atoms with Gasteiger partial charge in [-0.15, -0.1) is 0 Å². The Morgan fingerprint density at radius 1 is 0.844 bits per heavy atom. The van der Waals surface area contributed by atoms with E-state index in [1.807, 2.05) is 5.32 Å². The molecule has 0 aliphatic rings. The van der Waals surface area contributed by atoms with Gasteiger partial charge in [0.2, 0.25) is 23.6 Å². The Hall–Kier alpha value is -3.26. The van der Waals surface area contributed by atoms with Crippen molar-refractivity contribution in [2.45, 2.75) is 70.3 Å². The van der Waals surface area contributed by atoms with Gasteiger partial charge in [0.25, 0.3) is 0 Å². The fourth-order valence-electron chi connectivity index (χ4n) is 2.43. The maximum Gasteiger partial charge on any atom is 0.328 e. The number of nitrogens with one attached hydrogen (secondary N) is 3. The highest BCUT2D eigenvalue weighted by atomic mass is 16.4. The summed E-state index contributed by atoms with van der Waals surface area (Å²) >= 11 is 0. The lowest BCUT2D eigenvalue weighted by Crippen LogP contribution is -2.59. The Kier molecular flexibility index (Phi) is 11.9. The van der Waals surface area contributed by atoms with Crippen LogP contribution in [-0.2, 0) is 28.8 Å². The molecule has 0 bridgehead atoms. The number of nitrogens with two attached hydrogens (primary N) is 2. The summed E-state index contributed by atoms with van der Waals surface area (Å²) in [5.74, 6) is -6.98. The molecule has 0 fully saturated rings. The van der Waals surface area contributed by atoms with Crippen LogP contribution < -0.4 is 27.4 Å². The number of amides is 4. The number of primary amides is 1. The third kappa shape index (κ3) is 10.2. The summed E-state index contributed by atoms with van der Waals surface area (Å²) in [6.45, 7) is 4.42. The van der Waals surface area contributed by atoms with Gasteiger partial charge in [-0.1, -0.05) is 13.8 Å². The Morgan fingerprint density at radius 2 is 1.34 bits per heavy atom. The Balaban J connectivity index is 5.60. The van der Waals surface area contributed by atoms with Crippen molar-refractivity contribution in [1.29, 1.82) is 0 Å². The van der Waals surface area contributed by atoms with Gasteiger partial charge >= 0.3 is 11.9 Å². The first kappa shape index (κ1) is 28.7. The van der Waals surface area contributed by atoms with Gasteiger partial charge in [0.1, 0.15) is 12.1 Å². The maximum atomic E-state index is 12.7. The molecule has 0 saturated heterocycles. The van der Waals surface area contributed by atoms with Crippen molar-refractivity contribution in [2.24, 2.45) is 17.4 Å². The van der Waals surface area contributed by atoms with E-state index in [2.05, 4.69) is 10.6 Å². The van der Waals surface area contributed by atoms with Crippen molar-refractivity contribution in [3.05, 3.63) is 0 Å². The summed E-state index contributed by atoms with van der Waals surface area (Å²) in [5.41, 5.74) is 10.8. The van der Waals surface area contributed by atoms with E-state index in [0.29, 0.717) is 0 Å². The van der Waals surface area contributed by atoms with Gasteiger partial charge < -0.3 is 42.7 Å². The standard InChI is InChI=1S/C18H31N5O9/c1-7(2)13(20)17(30)22-10(6-11(19)25)16(29)21-9(4-5-12(26)27)15(28)23-14(8(3)24)18(31)32/h7-10,13-14,24H,4-6,20H2,1-3H3,(H2,19,25)(H,21,29)(H,22,30)(H,23,28)(H,26,27)(H,31,32). The number of rotatable bonds is 14. The summed E-state index contributed by atoms with van der Waals surface area (Å²) in [5, 5.41) is 33.9. The molecule has 5 atom stereocenters. The second-order valence-electron chi connectivity index (χ2n) is 7.56. The number of aliphatic hydroxyl groups excluding tert-OH is 1. The first-order valence-electron chi connectivity index (χ1n) is 9.75. The fraction of sp³-hybridized carbons (Fsp3) is 0.667. The minimum atomic E-state index is -1.73. The van der Waals surface area contributed by atoms with Gasteiger partial charge in [-0.05, 0) is 19.3 Å². The van der Waals surface area contributed by atoms with E-state index in [0.717, 1.165) is 6.92 Å². The number of carboxylic acids is 2. The van der Waals surface area contributed by atoms with Crippen molar-refractivity contribution in [2.75, 3.05) is 0 Å². The molecular weight excluding hydrogens is 430 g/mol. The Bertz CT molecular complexity index is 726. The van der Waals surface area contributed by atoms with E-state index in [4.69, 9.17) is 21.7 Å². The SMILES string of the molecule is CC(C)C(N)C(=O)NC(CC(N)=O)C(=O)NC(CCC(=O)O)C(=O)NC(C(=O)O)C(C)O. The normalized spacial score (nSPS) is 15.6. The predicted octanol–water partition coefficient (Wildman–Crippen LogP) is -3.37. The molecule has 0 aromatic heterocycles. The van der Waals surface area contributed by atoms with Gasteiger partial charge in [0, 0.05) is 6.42 Å². The van der Waals surface area contributed by atoms with Crippen LogP contribution in [0.5, 0.6) is 0 Å². The molecule has 14 heteroatoms. The lowest BCUT2D eigenvalue weighted by atomic mass is 10.0. The smallest absolute Gasteiger partial charge is 0.328 e. The first-order valence-corrected chi connectivity index (χ1v) is 9.75. The van der Waals surface area contributed by atoms with Gasteiger partial charge in [-0.25, -0.2) is 4.79 Å². The van der Waals surface area contributed by atoms with Crippen molar-refractivity contribution < 1.29 is 44.1 Å². The number of carbonyl (C=O) groups is 6. The van der Waals surface area contributed by atoms with E-state index in [1.165, 1.54) is 0 Å². The Morgan fingerprint density at radius 3 is 1.75 bits per heavy atom. The number of hydrogen-bond acceptors (Lipinski definition) is 8. The van der Waals surface area contributed by atoms with E-state index in [1.54, 1.807) is 13.8 Å². The van der Waals surface area contributed by atoms with E-state index in [-0.39, 0.29) is 5.92 Å². The molecule has 0 rings (SSSR count). The molecule has 0 aromatic rings. The number of aliphatic carboxylic acids is 2. The van der Waals surface area contributed by atoms with Crippen LogP contribution in [-0.4, -0.2) is 81.2 Å². The van der Waals surface area contributed by atoms with Crippen molar-refractivity contribution in [3.8, 4) is 0 Å². The van der Waals surface area contributed by atoms with E-state index in [9.17, 15) is 33.9 Å². The van der Waals surface area contributed by atoms with Crippen LogP contribution in [0.15, 0.2) is 0 Å². The molecule has 0 heterocycles. The maximum absolute atomic E-state index is 12.7. The van der Waals surface area contributed by atoms with Gasteiger partial charge in [0.15, 0.2) is 6.04 Å². The third-order valence-corrected chi connectivity index (χ3v) is 4.39. The summed E-state index contributed by atoms with van der Waals surface area (Å²) in [6.07, 6.45) is -3.15. The molecule has 0 radical (unpaired) electrons. The zero-order chi connectivity index (χ0) is 25.2. The average Bonchev–Trinajstić information content (AvgIpc) is 2.66. The fourth-order valence-corrected chi connectivity index (χ4v) is 2.43. The summed E-state index contributed by atoms with van der Waals surface area (Å²) < 4.78 is 0. The zero-order valence-electron chi connectivity index (χ0n) is 18.0. The molecule has 32 heavy (non-hydrogen) atoms. The molecule has 0 saturated carbocycles. The topological polar surface area (TPSA) is 251 Å². The summed E-state index contributed by atoms with van der Waals surface area (Å²) in [4.78, 5) is 70.8. The highest BCUT2D eigenvalue weighted by molar-refractivity contribution is 5.96. The monoisotopic (exact) mass is 461 g/mol. The quantitative estimate of drug-likeness (QED) is 0.127. The van der Waals surface area contributed by atoms with Crippen LogP contribution in [0.25, 0.3) is 0 Å². The average molecular weight is 461 g/mol. The van der Waals surface area contributed by atoms with Crippen LogP contribution in [0.3, 0.4) is 0 Å². The highest BCUT2D eigenvalue weighted by Crippen LogP contribution is 2.05. The minimum Gasteiger partial charge on any atom is -0.481 e. The number of aliphatic hydroxyl groups is 1. The van der Waals surface area contributed by atoms with E-state index < -0.39 is 85.1 Å². The van der Waals surface area contributed by atoms with Crippen LogP contribution >= 0.6 is 0 Å². The summed E-state index contributed by atoms with van der Waals surface area (Å²) in [7, 11) is 0. The first-order chi connectivity index (χ1) is 14.7. The Labute approximate surface area is 184 Å². The molecule has 10 N–H and O–H groups in total. The molecule has 4 amide bonds. The number of hydrogen-bond donors (Lipinski definition) is 8. The molecule has 5 unspecified atom stereocenters. The van der Waals surface area contributed by atoms with E-state index >= 15 is 0 Å². The zero-order valence-corrected chi connectivity index (χ0v) is 18.0. The molecular formula is C18H31N5O9. The molecule has 0 aliphatic heterocycles. The largest absolute Gasteiger partial charge is 0.481 e. The number of carbonyl (C=O) groups excluding carboxylic acids is 4. The van der Waals surface area contributed by atoms with Crippen LogP contribution in [0, 0.1) is 5.92 Å². The number of carboxylic acid groups (broad SMARTS) is 2. The van der Waals surface area contributed by atoms with Crippen LogP contribution in [0.4, 0.5) is 0 Å². The second kappa shape index (κ2) is 13.2. The van der Waals surface area contributed by atoms with Gasteiger partial charge in [0.05, 0.1) is 18.6 Å². The van der Waals surface area contributed by atoms with Crippen molar-refractivity contribution in [1.82, 2.24) is 16.0 Å². The minimum absolute atomic E-state index is 0.296. The molecule has 0 aliphatic carbocycles. The van der Waals surface area contributed by atoms with Gasteiger partial charge in [-0.2, -0.15) is 0 Å². The third-order valence-electron chi connectivity index (χ3n) is 4.39. The van der Waals surface area contributed by atoms with Crippen molar-refractivity contribution >= 4 is 35.6 Å². The molecule has 0 aromatic carbocycles. The second-order valence-corrected chi connectivity index (χ2v) is 7.56. The molecule has 182 valence electrons. The highest BCUT2D eigenvalue weighted by Gasteiger charge is 2.32. The molecule has 0 spiro atoms. The van der Waals surface area contributed by atoms with Crippen LogP contribution in [0.2, 0.25) is 0 Å². The van der Waals surface area contributed by atoms with Crippen molar-refractivity contribution in [3.63, 3.8) is 0 Å². The molecule has 14 nitrogen and oxygen atoms in total. The summed E-state index contributed by atoms with van der Waals surface area (Å²) in [6, 6.07) is -5.80. The lowest BCUT2D eigenvalue weighted by molar-refractivity contribution is -0.145.